The van der Waals surface area contributed by atoms with Crippen LogP contribution in [0.25, 0.3) is 0 Å². The molecule has 0 radical (unpaired) electrons. The van der Waals surface area contributed by atoms with E-state index in [1.165, 1.54) is 0 Å². The van der Waals surface area contributed by atoms with E-state index in [0.717, 1.165) is 15.7 Å². The molecular weight excluding hydrogens is 291 g/mol. The Labute approximate surface area is 107 Å². The molecule has 5 heteroatoms. The van der Waals surface area contributed by atoms with Crippen molar-refractivity contribution in [1.82, 2.24) is 4.98 Å². The fourth-order valence-electron chi connectivity index (χ4n) is 1.35. The van der Waals surface area contributed by atoms with Gasteiger partial charge in [-0.2, -0.15) is 0 Å². The van der Waals surface area contributed by atoms with Gasteiger partial charge < -0.3 is 9.73 Å². The van der Waals surface area contributed by atoms with E-state index in [1.807, 2.05) is 19.1 Å². The molecule has 1 atom stereocenters. The molecule has 2 aromatic heterocycles. The first-order valence-corrected chi connectivity index (χ1v) is 5.93. The summed E-state index contributed by atoms with van der Waals surface area (Å²) < 4.78 is 5.81. The van der Waals surface area contributed by atoms with Gasteiger partial charge in [-0.1, -0.05) is 11.6 Å². The van der Waals surface area contributed by atoms with Gasteiger partial charge in [0.15, 0.2) is 0 Å². The van der Waals surface area contributed by atoms with Crippen molar-refractivity contribution in [2.45, 2.75) is 13.0 Å². The van der Waals surface area contributed by atoms with Crippen LogP contribution in [-0.2, 0) is 0 Å². The minimum Gasteiger partial charge on any atom is -0.472 e. The average Bonchev–Trinajstić information content (AvgIpc) is 2.77. The van der Waals surface area contributed by atoms with E-state index in [2.05, 4.69) is 26.2 Å². The standard InChI is InChI=1S/C11H10BrClN2O/c1-7(8-2-3-16-6-8)15-9-4-10(12)11(13)14-5-9/h2-7,15H,1H3. The molecule has 2 heterocycles. The maximum Gasteiger partial charge on any atom is 0.143 e. The van der Waals surface area contributed by atoms with Crippen molar-refractivity contribution < 1.29 is 4.42 Å². The van der Waals surface area contributed by atoms with Gasteiger partial charge in [-0.3, -0.25) is 0 Å². The number of pyridine rings is 1. The molecule has 0 spiro atoms. The van der Waals surface area contributed by atoms with Crippen LogP contribution in [0.5, 0.6) is 0 Å². The first-order valence-electron chi connectivity index (χ1n) is 4.76. The Morgan fingerprint density at radius 1 is 1.56 bits per heavy atom. The lowest BCUT2D eigenvalue weighted by Gasteiger charge is -2.13. The molecule has 2 aromatic rings. The molecule has 0 aliphatic carbocycles. The Balaban J connectivity index is 2.12. The maximum absolute atomic E-state index is 5.82. The van der Waals surface area contributed by atoms with E-state index in [4.69, 9.17) is 16.0 Å². The summed E-state index contributed by atoms with van der Waals surface area (Å²) in [4.78, 5) is 4.05. The molecule has 1 N–H and O–H groups in total. The molecule has 2 rings (SSSR count). The van der Waals surface area contributed by atoms with E-state index in [0.29, 0.717) is 5.15 Å². The molecule has 0 bridgehead atoms. The van der Waals surface area contributed by atoms with Crippen LogP contribution < -0.4 is 5.32 Å². The predicted octanol–water partition coefficient (Wildman–Crippen LogP) is 4.26. The zero-order valence-electron chi connectivity index (χ0n) is 8.58. The molecule has 0 amide bonds. The predicted molar refractivity (Wildman–Crippen MR) is 67.7 cm³/mol. The molecular formula is C11H10BrClN2O. The van der Waals surface area contributed by atoms with E-state index in [-0.39, 0.29) is 6.04 Å². The van der Waals surface area contributed by atoms with Gasteiger partial charge in [0, 0.05) is 5.56 Å². The third-order valence-corrected chi connectivity index (χ3v) is 3.36. The third kappa shape index (κ3) is 2.57. The smallest absolute Gasteiger partial charge is 0.143 e. The fraction of sp³-hybridized carbons (Fsp3) is 0.182. The highest BCUT2D eigenvalue weighted by molar-refractivity contribution is 9.10. The number of nitrogens with one attached hydrogen (secondary N) is 1. The lowest BCUT2D eigenvalue weighted by molar-refractivity contribution is 0.562. The van der Waals surface area contributed by atoms with Crippen molar-refractivity contribution in [1.29, 1.82) is 0 Å². The summed E-state index contributed by atoms with van der Waals surface area (Å²) in [6.45, 7) is 2.05. The summed E-state index contributed by atoms with van der Waals surface area (Å²) in [6, 6.07) is 3.98. The number of aromatic nitrogens is 1. The van der Waals surface area contributed by atoms with Crippen LogP contribution in [0, 0.1) is 0 Å². The molecule has 0 aliphatic heterocycles. The molecule has 0 fully saturated rings. The Morgan fingerprint density at radius 2 is 2.38 bits per heavy atom. The SMILES string of the molecule is CC(Nc1cnc(Cl)c(Br)c1)c1ccoc1. The Hall–Kier alpha value is -1.00. The zero-order chi connectivity index (χ0) is 11.5. The van der Waals surface area contributed by atoms with Gasteiger partial charge in [0.05, 0.1) is 34.9 Å². The van der Waals surface area contributed by atoms with E-state index in [1.54, 1.807) is 18.7 Å². The minimum absolute atomic E-state index is 0.161. The van der Waals surface area contributed by atoms with Crippen LogP contribution in [-0.4, -0.2) is 4.98 Å². The Bertz CT molecular complexity index is 473. The quantitative estimate of drug-likeness (QED) is 0.861. The van der Waals surface area contributed by atoms with Gasteiger partial charge in [0.25, 0.3) is 0 Å². The van der Waals surface area contributed by atoms with Crippen molar-refractivity contribution >= 4 is 33.2 Å². The Kier molecular flexibility index (Phi) is 3.51. The molecule has 1 unspecified atom stereocenters. The summed E-state index contributed by atoms with van der Waals surface area (Å²) in [5, 5.41) is 3.76. The number of rotatable bonds is 3. The van der Waals surface area contributed by atoms with Gasteiger partial charge in [-0.15, -0.1) is 0 Å². The molecule has 3 nitrogen and oxygen atoms in total. The topological polar surface area (TPSA) is 38.1 Å². The summed E-state index contributed by atoms with van der Waals surface area (Å²) in [6.07, 6.45) is 5.07. The summed E-state index contributed by atoms with van der Waals surface area (Å²) in [5.41, 5.74) is 2.00. The second-order valence-corrected chi connectivity index (χ2v) is 4.63. The zero-order valence-corrected chi connectivity index (χ0v) is 10.9. The van der Waals surface area contributed by atoms with Gasteiger partial charge >= 0.3 is 0 Å². The normalized spacial score (nSPS) is 12.4. The van der Waals surface area contributed by atoms with Gasteiger partial charge in [-0.25, -0.2) is 4.98 Å². The maximum atomic E-state index is 5.82. The number of anilines is 1. The highest BCUT2D eigenvalue weighted by Crippen LogP contribution is 2.25. The van der Waals surface area contributed by atoms with Crippen LogP contribution >= 0.6 is 27.5 Å². The van der Waals surface area contributed by atoms with Crippen LogP contribution in [0.3, 0.4) is 0 Å². The number of hydrogen-bond donors (Lipinski definition) is 1. The first-order chi connectivity index (χ1) is 7.66. The number of hydrogen-bond acceptors (Lipinski definition) is 3. The monoisotopic (exact) mass is 300 g/mol. The largest absolute Gasteiger partial charge is 0.472 e. The lowest BCUT2D eigenvalue weighted by atomic mass is 10.2. The van der Waals surface area contributed by atoms with Crippen LogP contribution in [0.1, 0.15) is 18.5 Å². The van der Waals surface area contributed by atoms with Crippen LogP contribution in [0.2, 0.25) is 5.15 Å². The minimum atomic E-state index is 0.161. The summed E-state index contributed by atoms with van der Waals surface area (Å²) in [5.74, 6) is 0. The van der Waals surface area contributed by atoms with Crippen LogP contribution in [0.4, 0.5) is 5.69 Å². The molecule has 84 valence electrons. The van der Waals surface area contributed by atoms with Crippen molar-refractivity contribution in [2.75, 3.05) is 5.32 Å². The van der Waals surface area contributed by atoms with E-state index >= 15 is 0 Å². The molecule has 16 heavy (non-hydrogen) atoms. The molecule has 0 saturated carbocycles. The molecule has 0 saturated heterocycles. The lowest BCUT2D eigenvalue weighted by Crippen LogP contribution is -2.05. The van der Waals surface area contributed by atoms with Gasteiger partial charge in [0.1, 0.15) is 5.15 Å². The number of furan rings is 1. The summed E-state index contributed by atoms with van der Waals surface area (Å²) >= 11 is 9.15. The number of halogens is 2. The van der Waals surface area contributed by atoms with Crippen molar-refractivity contribution in [2.24, 2.45) is 0 Å². The number of nitrogens with zero attached hydrogens (tertiary/aromatic N) is 1. The first kappa shape index (κ1) is 11.5. The highest BCUT2D eigenvalue weighted by atomic mass is 79.9. The van der Waals surface area contributed by atoms with Gasteiger partial charge in [0.2, 0.25) is 0 Å². The molecule has 0 aromatic carbocycles. The second-order valence-electron chi connectivity index (χ2n) is 3.42. The fourth-order valence-corrected chi connectivity index (χ4v) is 1.81. The third-order valence-electron chi connectivity index (χ3n) is 2.22. The van der Waals surface area contributed by atoms with Crippen molar-refractivity contribution in [3.8, 4) is 0 Å². The van der Waals surface area contributed by atoms with Crippen LogP contribution in [0.15, 0.2) is 39.7 Å². The summed E-state index contributed by atoms with van der Waals surface area (Å²) in [7, 11) is 0. The van der Waals surface area contributed by atoms with Gasteiger partial charge in [-0.05, 0) is 35.0 Å². The highest BCUT2D eigenvalue weighted by Gasteiger charge is 2.07. The average molecular weight is 302 g/mol. The Morgan fingerprint density at radius 3 is 3.00 bits per heavy atom. The molecule has 0 aliphatic rings. The van der Waals surface area contributed by atoms with E-state index < -0.39 is 0 Å². The second kappa shape index (κ2) is 4.89. The van der Waals surface area contributed by atoms with Crippen molar-refractivity contribution in [3.63, 3.8) is 0 Å². The van der Waals surface area contributed by atoms with E-state index in [9.17, 15) is 0 Å². The van der Waals surface area contributed by atoms with Crippen molar-refractivity contribution in [3.05, 3.63) is 46.0 Å².